The number of aryl methyl sites for hydroxylation is 1. The molecule has 3 N–H and O–H groups in total. The monoisotopic (exact) mass is 571 g/mol. The number of esters is 1. The summed E-state index contributed by atoms with van der Waals surface area (Å²) in [7, 11) is 0. The van der Waals surface area contributed by atoms with E-state index in [1.165, 1.54) is 6.07 Å². The number of benzene rings is 1. The fraction of sp³-hybridized carbons (Fsp3) is 0.448. The first kappa shape index (κ1) is 28.2. The van der Waals surface area contributed by atoms with Crippen LogP contribution in [-0.4, -0.2) is 38.2 Å². The summed E-state index contributed by atoms with van der Waals surface area (Å²) in [6.45, 7) is 5.15. The topological polar surface area (TPSA) is 131 Å². The molecule has 0 unspecified atom stereocenters. The van der Waals surface area contributed by atoms with Gasteiger partial charge in [0, 0.05) is 35.6 Å². The minimum atomic E-state index is -1.96. The van der Waals surface area contributed by atoms with Crippen molar-refractivity contribution < 1.29 is 28.9 Å². The first-order valence-corrected chi connectivity index (χ1v) is 13.3. The molecular formula is C29H31ClFN3O6. The maximum Gasteiger partial charge on any atom is 0.343 e. The van der Waals surface area contributed by atoms with Gasteiger partial charge in [0.15, 0.2) is 5.60 Å². The molecule has 2 aromatic heterocycles. The molecule has 0 bridgehead atoms. The van der Waals surface area contributed by atoms with Gasteiger partial charge in [-0.05, 0) is 62.3 Å². The van der Waals surface area contributed by atoms with E-state index in [1.807, 2.05) is 6.92 Å². The number of cyclic esters (lactones) is 1. The van der Waals surface area contributed by atoms with Crippen LogP contribution in [0.15, 0.2) is 16.9 Å². The summed E-state index contributed by atoms with van der Waals surface area (Å²) in [6, 6.07) is 3.01. The van der Waals surface area contributed by atoms with Crippen molar-refractivity contribution in [1.29, 1.82) is 0 Å². The van der Waals surface area contributed by atoms with Gasteiger partial charge in [0.05, 0.1) is 34.6 Å². The molecule has 1 amide bonds. The highest BCUT2D eigenvalue weighted by atomic mass is 35.5. The third-order valence-corrected chi connectivity index (χ3v) is 8.71. The summed E-state index contributed by atoms with van der Waals surface area (Å²) in [5, 5.41) is 24.3. The molecule has 40 heavy (non-hydrogen) atoms. The van der Waals surface area contributed by atoms with E-state index in [2.05, 4.69) is 5.32 Å². The van der Waals surface area contributed by atoms with Crippen molar-refractivity contribution in [2.75, 3.05) is 6.61 Å². The second-order valence-electron chi connectivity index (χ2n) is 11.0. The van der Waals surface area contributed by atoms with Gasteiger partial charge in [0.1, 0.15) is 12.4 Å². The van der Waals surface area contributed by atoms with Gasteiger partial charge in [-0.2, -0.15) is 0 Å². The van der Waals surface area contributed by atoms with Gasteiger partial charge in [-0.15, -0.1) is 12.4 Å². The molecule has 0 radical (unpaired) electrons. The molecule has 0 spiro atoms. The number of aromatic nitrogens is 2. The van der Waals surface area contributed by atoms with Gasteiger partial charge in [0.2, 0.25) is 5.91 Å². The van der Waals surface area contributed by atoms with Gasteiger partial charge in [-0.3, -0.25) is 9.59 Å². The second kappa shape index (κ2) is 9.64. The van der Waals surface area contributed by atoms with Crippen LogP contribution in [0.2, 0.25) is 0 Å². The highest BCUT2D eigenvalue weighted by Gasteiger charge is 2.46. The van der Waals surface area contributed by atoms with E-state index in [9.17, 15) is 24.6 Å². The SMILES string of the molecule is CC[C@@]1(O)C(=O)OCc2c1cc1n(c2=O)Cc2c-1nc1cc(F)c(C)c3c1c2[C@](C)(NC(=O)CCCO)CC3.Cl. The molecule has 0 saturated carbocycles. The first-order chi connectivity index (χ1) is 18.5. The summed E-state index contributed by atoms with van der Waals surface area (Å²) < 4.78 is 21.8. The molecule has 212 valence electrons. The van der Waals surface area contributed by atoms with Crippen molar-refractivity contribution in [2.45, 2.75) is 77.2 Å². The van der Waals surface area contributed by atoms with E-state index in [1.54, 1.807) is 24.5 Å². The molecule has 4 heterocycles. The second-order valence-corrected chi connectivity index (χ2v) is 11.0. The molecule has 0 saturated heterocycles. The number of amides is 1. The summed E-state index contributed by atoms with van der Waals surface area (Å²) >= 11 is 0. The molecule has 2 atom stereocenters. The lowest BCUT2D eigenvalue weighted by Gasteiger charge is -2.38. The standard InChI is InChI=1S/C29H30FN3O6.ClH/c1-4-29(38)18-10-21-25-16(12-33(21)26(36)17(18)13-39-27(29)37)24-23-15(14(2)19(30)11-20(23)31-25)7-8-28(24,3)32-22(35)6-5-9-34;/h10-11,34,38H,4-9,12-13H2,1-3H3,(H,32,35);1H/t28-,29+;/m1./s1. The molecule has 2 aliphatic heterocycles. The number of pyridine rings is 2. The Morgan fingerprint density at radius 2 is 2.00 bits per heavy atom. The van der Waals surface area contributed by atoms with Gasteiger partial charge in [0.25, 0.3) is 5.56 Å². The highest BCUT2D eigenvalue weighted by Crippen LogP contribution is 2.48. The molecule has 1 aromatic carbocycles. The fourth-order valence-corrected chi connectivity index (χ4v) is 6.54. The summed E-state index contributed by atoms with van der Waals surface area (Å²) in [5.74, 6) is -1.39. The lowest BCUT2D eigenvalue weighted by molar-refractivity contribution is -0.172. The number of hydrogen-bond acceptors (Lipinski definition) is 7. The average molecular weight is 572 g/mol. The quantitative estimate of drug-likeness (QED) is 0.314. The Balaban J connectivity index is 0.00000323. The number of nitrogens with zero attached hydrogens (tertiary/aromatic N) is 2. The van der Waals surface area contributed by atoms with Gasteiger partial charge < -0.3 is 24.8 Å². The highest BCUT2D eigenvalue weighted by molar-refractivity contribution is 5.94. The van der Waals surface area contributed by atoms with Crippen molar-refractivity contribution >= 4 is 35.2 Å². The zero-order valence-corrected chi connectivity index (χ0v) is 23.3. The van der Waals surface area contributed by atoms with E-state index in [0.29, 0.717) is 41.7 Å². The van der Waals surface area contributed by atoms with Crippen molar-refractivity contribution in [2.24, 2.45) is 0 Å². The summed E-state index contributed by atoms with van der Waals surface area (Å²) in [5.41, 5.74) is 1.46. The molecule has 6 rings (SSSR count). The molecule has 9 nitrogen and oxygen atoms in total. The summed E-state index contributed by atoms with van der Waals surface area (Å²) in [6.07, 6.45) is 1.57. The number of aliphatic hydroxyl groups excluding tert-OH is 1. The van der Waals surface area contributed by atoms with Crippen LogP contribution in [0.1, 0.15) is 72.9 Å². The van der Waals surface area contributed by atoms with E-state index in [-0.39, 0.29) is 73.4 Å². The van der Waals surface area contributed by atoms with Gasteiger partial charge in [-0.1, -0.05) is 6.92 Å². The van der Waals surface area contributed by atoms with E-state index >= 15 is 4.39 Å². The molecule has 3 aromatic rings. The van der Waals surface area contributed by atoms with Crippen LogP contribution in [0.5, 0.6) is 0 Å². The van der Waals surface area contributed by atoms with Crippen LogP contribution >= 0.6 is 12.4 Å². The Morgan fingerprint density at radius 1 is 1.25 bits per heavy atom. The van der Waals surface area contributed by atoms with Gasteiger partial charge in [-0.25, -0.2) is 14.2 Å². The third kappa shape index (κ3) is 3.80. The average Bonchev–Trinajstić information content (AvgIpc) is 3.27. The Hall–Kier alpha value is -3.34. The van der Waals surface area contributed by atoms with Gasteiger partial charge >= 0.3 is 5.97 Å². The Kier molecular flexibility index (Phi) is 6.80. The molecule has 0 fully saturated rings. The zero-order valence-electron chi connectivity index (χ0n) is 22.5. The summed E-state index contributed by atoms with van der Waals surface area (Å²) in [4.78, 5) is 43.9. The van der Waals surface area contributed by atoms with Crippen molar-refractivity contribution in [3.8, 4) is 11.4 Å². The number of carbonyl (C=O) groups is 2. The number of aliphatic hydroxyl groups is 2. The van der Waals surface area contributed by atoms with Crippen LogP contribution < -0.4 is 10.9 Å². The maximum atomic E-state index is 15.0. The number of rotatable bonds is 5. The molecule has 11 heteroatoms. The van der Waals surface area contributed by atoms with Crippen molar-refractivity contribution in [3.63, 3.8) is 0 Å². The first-order valence-electron chi connectivity index (χ1n) is 13.3. The zero-order chi connectivity index (χ0) is 27.9. The molecule has 3 aliphatic rings. The van der Waals surface area contributed by atoms with E-state index in [4.69, 9.17) is 9.72 Å². The third-order valence-electron chi connectivity index (χ3n) is 8.71. The number of halogens is 2. The largest absolute Gasteiger partial charge is 0.458 e. The predicted molar refractivity (Wildman–Crippen MR) is 147 cm³/mol. The number of nitrogens with one attached hydrogen (secondary N) is 1. The lowest BCUT2D eigenvalue weighted by atomic mass is 9.74. The molecular weight excluding hydrogens is 541 g/mol. The van der Waals surface area contributed by atoms with Crippen LogP contribution in [0.3, 0.4) is 0 Å². The minimum absolute atomic E-state index is 0. The normalized spacial score (nSPS) is 22.2. The number of fused-ring (bicyclic) bond motifs is 5. The van der Waals surface area contributed by atoms with Crippen molar-refractivity contribution in [3.05, 3.63) is 61.7 Å². The maximum absolute atomic E-state index is 15.0. The minimum Gasteiger partial charge on any atom is -0.458 e. The van der Waals surface area contributed by atoms with Crippen molar-refractivity contribution in [1.82, 2.24) is 14.9 Å². The lowest BCUT2D eigenvalue weighted by Crippen LogP contribution is -2.46. The van der Waals surface area contributed by atoms with E-state index < -0.39 is 17.1 Å². The predicted octanol–water partition coefficient (Wildman–Crippen LogP) is 3.00. The number of ether oxygens (including phenoxy) is 1. The van der Waals surface area contributed by atoms with Crippen LogP contribution in [-0.2, 0) is 45.0 Å². The molecule has 1 aliphatic carbocycles. The smallest absolute Gasteiger partial charge is 0.343 e. The van der Waals surface area contributed by atoms with Crippen LogP contribution in [0, 0.1) is 12.7 Å². The Bertz CT molecular complexity index is 1670. The number of carbonyl (C=O) groups excluding carboxylic acids is 2. The fourth-order valence-electron chi connectivity index (χ4n) is 6.54. The van der Waals surface area contributed by atoms with Crippen LogP contribution in [0.4, 0.5) is 4.39 Å². The Labute approximate surface area is 235 Å². The van der Waals surface area contributed by atoms with E-state index in [0.717, 1.165) is 22.1 Å². The number of hydrogen-bond donors (Lipinski definition) is 3. The van der Waals surface area contributed by atoms with Crippen LogP contribution in [0.25, 0.3) is 22.3 Å². The Morgan fingerprint density at radius 3 is 2.70 bits per heavy atom.